The van der Waals surface area contributed by atoms with Crippen LogP contribution in [0.3, 0.4) is 0 Å². The van der Waals surface area contributed by atoms with E-state index in [1.54, 1.807) is 24.3 Å². The molecule has 0 atom stereocenters. The van der Waals surface area contributed by atoms with Crippen molar-refractivity contribution in [2.75, 3.05) is 11.9 Å². The normalized spacial score (nSPS) is 10.3. The summed E-state index contributed by atoms with van der Waals surface area (Å²) in [5, 5.41) is 14.9. The molecule has 0 aliphatic carbocycles. The molecule has 3 aromatic rings. The molecule has 2 aromatic carbocycles. The van der Waals surface area contributed by atoms with E-state index in [0.717, 1.165) is 9.79 Å². The summed E-state index contributed by atoms with van der Waals surface area (Å²) in [4.78, 5) is 25.9. The molecule has 0 unspecified atom stereocenters. The van der Waals surface area contributed by atoms with Crippen molar-refractivity contribution < 1.29 is 19.1 Å². The Hall–Kier alpha value is -3.03. The molecule has 8 heteroatoms. The number of esters is 1. The number of rotatable bonds is 6. The molecule has 0 radical (unpaired) electrons. The zero-order chi connectivity index (χ0) is 19.9. The molecule has 1 aromatic heterocycles. The zero-order valence-electron chi connectivity index (χ0n) is 14.5. The minimum absolute atomic E-state index is 0.186. The average Bonchev–Trinajstić information content (AvgIpc) is 2.70. The van der Waals surface area contributed by atoms with E-state index in [0.29, 0.717) is 15.4 Å². The van der Waals surface area contributed by atoms with E-state index in [1.165, 1.54) is 36.2 Å². The molecule has 0 spiro atoms. The van der Waals surface area contributed by atoms with Crippen LogP contribution in [0, 0.1) is 5.21 Å². The smallest absolute Gasteiger partial charge is 0.405 e. The number of nitrogens with one attached hydrogen (secondary N) is 1. The lowest BCUT2D eigenvalue weighted by Crippen LogP contribution is -2.35. The van der Waals surface area contributed by atoms with Gasteiger partial charge in [-0.05, 0) is 42.5 Å². The molecule has 0 fully saturated rings. The van der Waals surface area contributed by atoms with Gasteiger partial charge in [0, 0.05) is 26.9 Å². The third-order valence-electron chi connectivity index (χ3n) is 3.57. The molecule has 6 nitrogen and oxygen atoms in total. The Morgan fingerprint density at radius 3 is 2.50 bits per heavy atom. The van der Waals surface area contributed by atoms with Crippen molar-refractivity contribution >= 4 is 40.9 Å². The molecule has 0 aliphatic rings. The number of pyridine rings is 1. The second-order valence-electron chi connectivity index (χ2n) is 5.59. The number of hydrogen-bond donors (Lipinski definition) is 1. The summed E-state index contributed by atoms with van der Waals surface area (Å²) in [6.45, 7) is -0.506. The molecule has 28 heavy (non-hydrogen) atoms. The van der Waals surface area contributed by atoms with Crippen LogP contribution in [0.4, 0.5) is 5.69 Å². The van der Waals surface area contributed by atoms with Gasteiger partial charge in [0.05, 0.1) is 5.69 Å². The largest absolute Gasteiger partial charge is 0.618 e. The van der Waals surface area contributed by atoms with Gasteiger partial charge in [0.1, 0.15) is 0 Å². The lowest BCUT2D eigenvalue weighted by molar-refractivity contribution is -0.608. The highest BCUT2D eigenvalue weighted by atomic mass is 35.5. The van der Waals surface area contributed by atoms with Gasteiger partial charge in [0.15, 0.2) is 12.8 Å². The van der Waals surface area contributed by atoms with E-state index in [4.69, 9.17) is 16.3 Å². The monoisotopic (exact) mass is 414 g/mol. The first-order chi connectivity index (χ1) is 13.5. The predicted molar refractivity (Wildman–Crippen MR) is 106 cm³/mol. The van der Waals surface area contributed by atoms with Crippen LogP contribution in [0.5, 0.6) is 0 Å². The molecular weight excluding hydrogens is 400 g/mol. The van der Waals surface area contributed by atoms with Gasteiger partial charge in [-0.3, -0.25) is 4.79 Å². The Kier molecular flexibility index (Phi) is 6.52. The number of ether oxygens (including phenoxy) is 1. The van der Waals surface area contributed by atoms with Crippen molar-refractivity contribution in [1.29, 1.82) is 0 Å². The van der Waals surface area contributed by atoms with Crippen LogP contribution in [0.1, 0.15) is 10.5 Å². The Balaban J connectivity index is 1.62. The standard InChI is InChI=1S/C20H15ClN2O4S/c21-14-8-10-15(11-9-14)28-18-7-2-1-5-16(18)22-19(24)13-27-20(25)17-6-3-4-12-23(17)26/h1-12H,13H2,(H,22,24). The average molecular weight is 415 g/mol. The van der Waals surface area contributed by atoms with Crippen molar-refractivity contribution in [3.63, 3.8) is 0 Å². The maximum Gasteiger partial charge on any atom is 0.405 e. The number of benzene rings is 2. The quantitative estimate of drug-likeness (QED) is 0.375. The molecule has 0 saturated carbocycles. The molecule has 1 amide bonds. The number of amides is 1. The molecule has 0 bridgehead atoms. The summed E-state index contributed by atoms with van der Waals surface area (Å²) in [5.74, 6) is -1.37. The van der Waals surface area contributed by atoms with E-state index in [9.17, 15) is 14.8 Å². The maximum absolute atomic E-state index is 12.2. The van der Waals surface area contributed by atoms with Gasteiger partial charge in [0.2, 0.25) is 0 Å². The van der Waals surface area contributed by atoms with Gasteiger partial charge in [-0.1, -0.05) is 35.5 Å². The summed E-state index contributed by atoms with van der Waals surface area (Å²) >= 11 is 7.36. The fourth-order valence-electron chi connectivity index (χ4n) is 2.27. The van der Waals surface area contributed by atoms with Crippen LogP contribution in [-0.2, 0) is 9.53 Å². The Morgan fingerprint density at radius 1 is 1.04 bits per heavy atom. The Morgan fingerprint density at radius 2 is 1.75 bits per heavy atom. The summed E-state index contributed by atoms with van der Waals surface area (Å²) in [6, 6.07) is 19.0. The molecule has 0 saturated heterocycles. The van der Waals surface area contributed by atoms with E-state index in [1.807, 2.05) is 24.3 Å². The van der Waals surface area contributed by atoms with Gasteiger partial charge in [-0.2, -0.15) is 4.73 Å². The number of anilines is 1. The van der Waals surface area contributed by atoms with E-state index >= 15 is 0 Å². The summed E-state index contributed by atoms with van der Waals surface area (Å²) < 4.78 is 5.31. The summed E-state index contributed by atoms with van der Waals surface area (Å²) in [6.07, 6.45) is 1.18. The van der Waals surface area contributed by atoms with Crippen molar-refractivity contribution in [1.82, 2.24) is 0 Å². The first kappa shape index (κ1) is 19.7. The highest BCUT2D eigenvalue weighted by molar-refractivity contribution is 7.99. The Labute approximate surface area is 170 Å². The van der Waals surface area contributed by atoms with Gasteiger partial charge in [-0.25, -0.2) is 4.79 Å². The maximum atomic E-state index is 12.2. The van der Waals surface area contributed by atoms with Gasteiger partial charge in [0.25, 0.3) is 5.91 Å². The zero-order valence-corrected chi connectivity index (χ0v) is 16.1. The summed E-state index contributed by atoms with van der Waals surface area (Å²) in [5.41, 5.74) is 0.399. The lowest BCUT2D eigenvalue weighted by atomic mass is 10.3. The fourth-order valence-corrected chi connectivity index (χ4v) is 3.29. The molecular formula is C20H15ClN2O4S. The molecule has 0 aliphatic heterocycles. The molecule has 142 valence electrons. The highest BCUT2D eigenvalue weighted by Crippen LogP contribution is 2.33. The third kappa shape index (κ3) is 5.25. The van der Waals surface area contributed by atoms with Crippen LogP contribution in [0.2, 0.25) is 5.02 Å². The number of halogens is 1. The predicted octanol–water partition coefficient (Wildman–Crippen LogP) is 3.92. The van der Waals surface area contributed by atoms with Crippen LogP contribution >= 0.6 is 23.4 Å². The molecule has 3 rings (SSSR count). The van der Waals surface area contributed by atoms with Crippen molar-refractivity contribution in [2.45, 2.75) is 9.79 Å². The minimum Gasteiger partial charge on any atom is -0.618 e. The van der Waals surface area contributed by atoms with Gasteiger partial charge >= 0.3 is 11.7 Å². The third-order valence-corrected chi connectivity index (χ3v) is 4.91. The number of hydrogen-bond acceptors (Lipinski definition) is 5. The van der Waals surface area contributed by atoms with Crippen LogP contribution in [0.15, 0.2) is 82.7 Å². The van der Waals surface area contributed by atoms with Crippen molar-refractivity contribution in [2.24, 2.45) is 0 Å². The fraction of sp³-hybridized carbons (Fsp3) is 0.0500. The molecule has 1 N–H and O–H groups in total. The highest BCUT2D eigenvalue weighted by Gasteiger charge is 2.18. The van der Waals surface area contributed by atoms with Gasteiger partial charge < -0.3 is 15.3 Å². The minimum atomic E-state index is -0.866. The second-order valence-corrected chi connectivity index (χ2v) is 7.14. The van der Waals surface area contributed by atoms with Crippen LogP contribution in [0.25, 0.3) is 0 Å². The lowest BCUT2D eigenvalue weighted by Gasteiger charge is -2.11. The number of carbonyl (C=O) groups is 2. The van der Waals surface area contributed by atoms with Gasteiger partial charge in [-0.15, -0.1) is 0 Å². The van der Waals surface area contributed by atoms with E-state index < -0.39 is 18.5 Å². The SMILES string of the molecule is O=C(COC(=O)c1cccc[n+]1[O-])Nc1ccccc1Sc1ccc(Cl)cc1. The second kappa shape index (κ2) is 9.25. The molecule has 1 heterocycles. The topological polar surface area (TPSA) is 82.3 Å². The van der Waals surface area contributed by atoms with Crippen molar-refractivity contribution in [3.8, 4) is 0 Å². The first-order valence-corrected chi connectivity index (χ1v) is 9.40. The number of para-hydroxylation sites is 1. The van der Waals surface area contributed by atoms with Crippen LogP contribution < -0.4 is 10.0 Å². The van der Waals surface area contributed by atoms with E-state index in [-0.39, 0.29) is 5.69 Å². The summed E-state index contributed by atoms with van der Waals surface area (Å²) in [7, 11) is 0. The van der Waals surface area contributed by atoms with E-state index in [2.05, 4.69) is 5.32 Å². The number of aromatic nitrogens is 1. The van der Waals surface area contributed by atoms with Crippen molar-refractivity contribution in [3.05, 3.63) is 88.9 Å². The number of carbonyl (C=O) groups excluding carboxylic acids is 2. The Bertz CT molecular complexity index is 996. The van der Waals surface area contributed by atoms with Crippen LogP contribution in [-0.4, -0.2) is 18.5 Å². The first-order valence-electron chi connectivity index (χ1n) is 8.20. The number of nitrogens with zero attached hydrogens (tertiary/aromatic N) is 1.